The summed E-state index contributed by atoms with van der Waals surface area (Å²) < 4.78 is 0. The van der Waals surface area contributed by atoms with Crippen molar-refractivity contribution < 1.29 is 26.2 Å². The van der Waals surface area contributed by atoms with Crippen LogP contribution in [0.3, 0.4) is 0 Å². The fraction of sp³-hybridized carbons (Fsp3) is 0.400. The molecule has 0 nitrogen and oxygen atoms in total. The van der Waals surface area contributed by atoms with Crippen LogP contribution in [0.4, 0.5) is 0 Å². The van der Waals surface area contributed by atoms with Crippen LogP contribution in [0.15, 0.2) is 48.5 Å². The van der Waals surface area contributed by atoms with Gasteiger partial charge >= 0.3 is 26.2 Å². The van der Waals surface area contributed by atoms with Crippen molar-refractivity contribution in [2.75, 3.05) is 0 Å². The van der Waals surface area contributed by atoms with Crippen LogP contribution in [0.1, 0.15) is 72.9 Å². The number of fused-ring (bicyclic) bond motifs is 2. The largest absolute Gasteiger partial charge is 2.00 e. The van der Waals surface area contributed by atoms with Gasteiger partial charge in [0.25, 0.3) is 0 Å². The molecule has 0 saturated heterocycles. The molecule has 0 bridgehead atoms. The zero-order valence-electron chi connectivity index (χ0n) is 20.4. The van der Waals surface area contributed by atoms with Crippen LogP contribution >= 0.6 is 0 Å². The van der Waals surface area contributed by atoms with Gasteiger partial charge < -0.3 is 0 Å². The van der Waals surface area contributed by atoms with Crippen LogP contribution in [-0.2, 0) is 39.0 Å². The Balaban J connectivity index is 0.000000213. The molecule has 4 aromatic rings. The molecule has 0 aliphatic rings. The summed E-state index contributed by atoms with van der Waals surface area (Å²) in [6, 6.07) is 18.4. The average molecular weight is 490 g/mol. The summed E-state index contributed by atoms with van der Waals surface area (Å²) in [7, 11) is 0. The van der Waals surface area contributed by atoms with E-state index in [0.717, 1.165) is 0 Å². The minimum Gasteiger partial charge on any atom is -0.165 e. The zero-order valence-corrected chi connectivity index (χ0v) is 22.8. The van der Waals surface area contributed by atoms with Gasteiger partial charge in [-0.1, -0.05) is 90.5 Å². The van der Waals surface area contributed by atoms with Gasteiger partial charge in [-0.3, -0.25) is 0 Å². The predicted molar refractivity (Wildman–Crippen MR) is 135 cm³/mol. The third-order valence-corrected chi connectivity index (χ3v) is 6.28. The molecule has 162 valence electrons. The molecule has 4 rings (SSSR count). The minimum atomic E-state index is 0. The van der Waals surface area contributed by atoms with Crippen molar-refractivity contribution in [3.63, 3.8) is 0 Å². The Hall–Kier alpha value is -1.46. The summed E-state index contributed by atoms with van der Waals surface area (Å²) >= 11 is 0. The Labute approximate surface area is 208 Å². The summed E-state index contributed by atoms with van der Waals surface area (Å²) in [5.74, 6) is 0. The van der Waals surface area contributed by atoms with Gasteiger partial charge in [0.2, 0.25) is 0 Å². The van der Waals surface area contributed by atoms with E-state index in [0.29, 0.717) is 0 Å². The van der Waals surface area contributed by atoms with Gasteiger partial charge in [-0.2, -0.15) is 12.1 Å². The van der Waals surface area contributed by atoms with E-state index in [9.17, 15) is 0 Å². The monoisotopic (exact) mass is 488 g/mol. The van der Waals surface area contributed by atoms with Crippen LogP contribution in [0.2, 0.25) is 0 Å². The van der Waals surface area contributed by atoms with Crippen LogP contribution < -0.4 is 0 Å². The average Bonchev–Trinajstić information content (AvgIpc) is 3.31. The second-order valence-corrected chi connectivity index (χ2v) is 9.01. The number of unbranched alkanes of at least 4 members (excludes halogenated alkanes) is 2. The van der Waals surface area contributed by atoms with Crippen molar-refractivity contribution in [2.45, 2.75) is 80.1 Å². The Morgan fingerprint density at radius 3 is 1.35 bits per heavy atom. The third kappa shape index (κ3) is 6.29. The molecule has 31 heavy (non-hydrogen) atoms. The molecule has 0 amide bonds. The van der Waals surface area contributed by atoms with Crippen molar-refractivity contribution in [3.05, 3.63) is 81.9 Å². The fourth-order valence-corrected chi connectivity index (χ4v) is 4.47. The van der Waals surface area contributed by atoms with Crippen LogP contribution in [0.25, 0.3) is 21.5 Å². The predicted octanol–water partition coefficient (Wildman–Crippen LogP) is 9.03. The smallest absolute Gasteiger partial charge is 0.165 e. The van der Waals surface area contributed by atoms with E-state index in [2.05, 4.69) is 90.1 Å². The number of rotatable bonds is 6. The van der Waals surface area contributed by atoms with Crippen molar-refractivity contribution in [3.8, 4) is 0 Å². The second kappa shape index (κ2) is 12.0. The molecular weight excluding hydrogens is 452 g/mol. The van der Waals surface area contributed by atoms with Crippen LogP contribution in [0, 0.1) is 27.7 Å². The van der Waals surface area contributed by atoms with Gasteiger partial charge in [0.05, 0.1) is 0 Å². The van der Waals surface area contributed by atoms with E-state index in [1.165, 1.54) is 93.5 Å². The Morgan fingerprint density at radius 2 is 1.00 bits per heavy atom. The first-order valence-electron chi connectivity index (χ1n) is 11.8. The van der Waals surface area contributed by atoms with Gasteiger partial charge in [-0.15, -0.1) is 68.1 Å². The molecule has 4 aromatic carbocycles. The number of aryl methyl sites for hydroxylation is 6. The summed E-state index contributed by atoms with van der Waals surface area (Å²) in [6.45, 7) is 13.3. The second-order valence-electron chi connectivity index (χ2n) is 9.01. The van der Waals surface area contributed by atoms with E-state index in [-0.39, 0.29) is 26.2 Å². The summed E-state index contributed by atoms with van der Waals surface area (Å²) in [6.07, 6.45) is 7.57. The first-order valence-corrected chi connectivity index (χ1v) is 11.8. The molecule has 1 heteroatoms. The SMILES string of the molecule is CCCCc1ccc(C)c2[cH-]c(C)cc12.CCCCc1ccc(C)c2[cH-]c(C)cc12.[Zr+2]. The van der Waals surface area contributed by atoms with Gasteiger partial charge in [0.15, 0.2) is 0 Å². The zero-order chi connectivity index (χ0) is 21.7. The van der Waals surface area contributed by atoms with E-state index in [4.69, 9.17) is 0 Å². The molecule has 0 heterocycles. The molecule has 0 unspecified atom stereocenters. The van der Waals surface area contributed by atoms with Crippen molar-refractivity contribution >= 4 is 21.5 Å². The fourth-order valence-electron chi connectivity index (χ4n) is 4.47. The Bertz CT molecular complexity index is 1020. The van der Waals surface area contributed by atoms with Crippen molar-refractivity contribution in [2.24, 2.45) is 0 Å². The van der Waals surface area contributed by atoms with Crippen LogP contribution in [0.5, 0.6) is 0 Å². The van der Waals surface area contributed by atoms with Crippen LogP contribution in [-0.4, -0.2) is 0 Å². The van der Waals surface area contributed by atoms with Crippen molar-refractivity contribution in [1.82, 2.24) is 0 Å². The molecule has 0 aliphatic carbocycles. The molecule has 0 radical (unpaired) electrons. The molecule has 0 fully saturated rings. The topological polar surface area (TPSA) is 0 Å². The molecule has 0 N–H and O–H groups in total. The standard InChI is InChI=1S/2C15H19.Zr/c2*1-4-5-6-13-8-7-12(3)14-9-11(2)10-15(13)14;/h2*7-10H,4-6H2,1-3H3;/q2*-1;+2. The van der Waals surface area contributed by atoms with Gasteiger partial charge in [-0.05, 0) is 12.8 Å². The first-order chi connectivity index (χ1) is 14.4. The van der Waals surface area contributed by atoms with Gasteiger partial charge in [0, 0.05) is 0 Å². The quantitative estimate of drug-likeness (QED) is 0.237. The third-order valence-electron chi connectivity index (χ3n) is 6.28. The molecule has 0 spiro atoms. The number of hydrogen-bond acceptors (Lipinski definition) is 0. The Kier molecular flexibility index (Phi) is 9.96. The maximum Gasteiger partial charge on any atom is 2.00 e. The number of benzene rings is 2. The maximum absolute atomic E-state index is 2.33. The summed E-state index contributed by atoms with van der Waals surface area (Å²) in [4.78, 5) is 0. The number of hydrogen-bond donors (Lipinski definition) is 0. The molecular formula is C30H38Zr. The van der Waals surface area contributed by atoms with E-state index in [1.54, 1.807) is 0 Å². The molecule has 0 saturated carbocycles. The van der Waals surface area contributed by atoms with E-state index >= 15 is 0 Å². The van der Waals surface area contributed by atoms with Crippen molar-refractivity contribution in [1.29, 1.82) is 0 Å². The molecule has 0 atom stereocenters. The minimum absolute atomic E-state index is 0. The first kappa shape index (κ1) is 25.8. The normalized spacial score (nSPS) is 10.8. The Morgan fingerprint density at radius 1 is 0.613 bits per heavy atom. The van der Waals surface area contributed by atoms with E-state index < -0.39 is 0 Å². The molecule has 0 aromatic heterocycles. The molecule has 0 aliphatic heterocycles. The summed E-state index contributed by atoms with van der Waals surface area (Å²) in [5, 5.41) is 5.84. The maximum atomic E-state index is 2.33. The summed E-state index contributed by atoms with van der Waals surface area (Å²) in [5.41, 5.74) is 8.61. The van der Waals surface area contributed by atoms with Gasteiger partial charge in [-0.25, -0.2) is 0 Å². The van der Waals surface area contributed by atoms with Gasteiger partial charge in [0.1, 0.15) is 0 Å². The van der Waals surface area contributed by atoms with E-state index in [1.807, 2.05) is 0 Å².